The highest BCUT2D eigenvalue weighted by molar-refractivity contribution is 5.98. The van der Waals surface area contributed by atoms with E-state index in [-0.39, 0.29) is 48.3 Å². The van der Waals surface area contributed by atoms with Gasteiger partial charge in [-0.1, -0.05) is 13.8 Å². The van der Waals surface area contributed by atoms with Crippen molar-refractivity contribution in [2.24, 2.45) is 17.8 Å². The van der Waals surface area contributed by atoms with Crippen molar-refractivity contribution in [3.63, 3.8) is 0 Å². The largest absolute Gasteiger partial charge is 0.390 e. The molecule has 1 aromatic carbocycles. The third-order valence-corrected chi connectivity index (χ3v) is 5.92. The molecule has 0 aliphatic carbocycles. The van der Waals surface area contributed by atoms with Crippen LogP contribution in [0.25, 0.3) is 0 Å². The molecule has 1 aromatic rings. The van der Waals surface area contributed by atoms with Crippen molar-refractivity contribution in [1.29, 1.82) is 0 Å². The van der Waals surface area contributed by atoms with Crippen molar-refractivity contribution in [2.45, 2.75) is 33.3 Å². The lowest BCUT2D eigenvalue weighted by molar-refractivity contribution is -0.125. The van der Waals surface area contributed by atoms with Gasteiger partial charge in [0.25, 0.3) is 11.8 Å². The Hall–Kier alpha value is -2.54. The van der Waals surface area contributed by atoms with Crippen LogP contribution in [0.5, 0.6) is 0 Å². The molecule has 2 aliphatic heterocycles. The number of nitrogens with zero attached hydrogens (tertiary/aromatic N) is 2. The van der Waals surface area contributed by atoms with Crippen LogP contribution >= 0.6 is 0 Å². The molecule has 29 heavy (non-hydrogen) atoms. The Kier molecular flexibility index (Phi) is 6.17. The molecule has 0 spiro atoms. The molecule has 2 aliphatic rings. The number of hydrogen-bond donors (Lipinski definition) is 1. The predicted octanol–water partition coefficient (Wildman–Crippen LogP) is 1.40. The molecule has 7 nitrogen and oxygen atoms in total. The molecule has 2 amide bonds. The first-order valence-electron chi connectivity index (χ1n) is 10.1. The Labute approximate surface area is 170 Å². The van der Waals surface area contributed by atoms with Gasteiger partial charge in [0.1, 0.15) is 11.6 Å². The molecule has 0 bridgehead atoms. The summed E-state index contributed by atoms with van der Waals surface area (Å²) < 4.78 is 0. The summed E-state index contributed by atoms with van der Waals surface area (Å²) >= 11 is 0. The van der Waals surface area contributed by atoms with Crippen molar-refractivity contribution >= 4 is 23.4 Å². The van der Waals surface area contributed by atoms with Crippen molar-refractivity contribution in [3.8, 4) is 0 Å². The SMILES string of the molecule is CC(=O)C1CN(C(=O)c2ccc(C(=O)N3CCC(C(=O)C(C)C)C3)cc2)CC1O. The molecule has 0 saturated carbocycles. The van der Waals surface area contributed by atoms with Gasteiger partial charge in [0.15, 0.2) is 0 Å². The monoisotopic (exact) mass is 400 g/mol. The number of carbonyl (C=O) groups excluding carboxylic acids is 4. The van der Waals surface area contributed by atoms with E-state index in [1.807, 2.05) is 13.8 Å². The van der Waals surface area contributed by atoms with Gasteiger partial charge < -0.3 is 14.9 Å². The highest BCUT2D eigenvalue weighted by atomic mass is 16.3. The zero-order valence-corrected chi connectivity index (χ0v) is 17.1. The number of aliphatic hydroxyl groups excluding tert-OH is 1. The minimum absolute atomic E-state index is 0.0351. The molecule has 2 fully saturated rings. The first-order valence-corrected chi connectivity index (χ1v) is 10.1. The van der Waals surface area contributed by atoms with E-state index >= 15 is 0 Å². The lowest BCUT2D eigenvalue weighted by Gasteiger charge is -2.18. The molecule has 3 rings (SSSR count). The van der Waals surface area contributed by atoms with Crippen LogP contribution in [0.2, 0.25) is 0 Å². The number of amides is 2. The average Bonchev–Trinajstić information content (AvgIpc) is 3.33. The van der Waals surface area contributed by atoms with Crippen molar-refractivity contribution in [2.75, 3.05) is 26.2 Å². The molecule has 2 heterocycles. The standard InChI is InChI=1S/C22H28N2O5/c1-13(2)20(27)17-8-9-23(10-17)21(28)15-4-6-16(7-5-15)22(29)24-11-18(14(3)25)19(26)12-24/h4-7,13,17-19,26H,8-12H2,1-3H3. The first kappa shape index (κ1) is 21.2. The Morgan fingerprint density at radius 1 is 0.931 bits per heavy atom. The summed E-state index contributed by atoms with van der Waals surface area (Å²) in [4.78, 5) is 52.3. The number of likely N-dealkylation sites (tertiary alicyclic amines) is 2. The summed E-state index contributed by atoms with van der Waals surface area (Å²) in [5.41, 5.74) is 0.884. The second-order valence-electron chi connectivity index (χ2n) is 8.37. The quantitative estimate of drug-likeness (QED) is 0.806. The maximum Gasteiger partial charge on any atom is 0.253 e. The van der Waals surface area contributed by atoms with Gasteiger partial charge in [-0.05, 0) is 37.6 Å². The van der Waals surface area contributed by atoms with Crippen LogP contribution in [-0.4, -0.2) is 70.6 Å². The molecular weight excluding hydrogens is 372 g/mol. The molecule has 7 heteroatoms. The number of ketones is 2. The van der Waals surface area contributed by atoms with Crippen LogP contribution in [0.3, 0.4) is 0 Å². The number of rotatable bonds is 5. The molecular formula is C22H28N2O5. The van der Waals surface area contributed by atoms with E-state index in [4.69, 9.17) is 0 Å². The zero-order valence-electron chi connectivity index (χ0n) is 17.1. The molecule has 1 N–H and O–H groups in total. The number of carbonyl (C=O) groups is 4. The number of β-amino-alcohol motifs (C(OH)–C–C–N with tert-alkyl or cyclic N) is 1. The van der Waals surface area contributed by atoms with E-state index in [9.17, 15) is 24.3 Å². The van der Waals surface area contributed by atoms with Crippen molar-refractivity contribution < 1.29 is 24.3 Å². The van der Waals surface area contributed by atoms with Crippen LogP contribution in [0.15, 0.2) is 24.3 Å². The van der Waals surface area contributed by atoms with Crippen LogP contribution < -0.4 is 0 Å². The van der Waals surface area contributed by atoms with Crippen molar-refractivity contribution in [3.05, 3.63) is 35.4 Å². The van der Waals surface area contributed by atoms with Crippen molar-refractivity contribution in [1.82, 2.24) is 9.80 Å². The summed E-state index contributed by atoms with van der Waals surface area (Å²) in [5.74, 6) is -1.03. The molecule has 156 valence electrons. The minimum Gasteiger partial charge on any atom is -0.390 e. The van der Waals surface area contributed by atoms with Gasteiger partial charge in [-0.25, -0.2) is 0 Å². The number of hydrogen-bond acceptors (Lipinski definition) is 5. The predicted molar refractivity (Wildman–Crippen MR) is 106 cm³/mol. The van der Waals surface area contributed by atoms with E-state index in [1.165, 1.54) is 11.8 Å². The van der Waals surface area contributed by atoms with Crippen LogP contribution in [0.4, 0.5) is 0 Å². The zero-order chi connectivity index (χ0) is 21.3. The second kappa shape index (κ2) is 8.45. The fraction of sp³-hybridized carbons (Fsp3) is 0.545. The van der Waals surface area contributed by atoms with Gasteiger partial charge in [-0.3, -0.25) is 19.2 Å². The Bertz CT molecular complexity index is 817. The number of Topliss-reactive ketones (excluding diaryl/α,β-unsaturated/α-hetero) is 2. The topological polar surface area (TPSA) is 95.0 Å². The summed E-state index contributed by atoms with van der Waals surface area (Å²) in [7, 11) is 0. The van der Waals surface area contributed by atoms with Gasteiger partial charge in [-0.15, -0.1) is 0 Å². The fourth-order valence-corrected chi connectivity index (χ4v) is 4.12. The summed E-state index contributed by atoms with van der Waals surface area (Å²) in [6, 6.07) is 6.41. The molecule has 3 atom stereocenters. The highest BCUT2D eigenvalue weighted by Gasteiger charge is 2.37. The van der Waals surface area contributed by atoms with Gasteiger partial charge in [0.2, 0.25) is 0 Å². The Morgan fingerprint density at radius 2 is 1.48 bits per heavy atom. The van der Waals surface area contributed by atoms with E-state index in [1.54, 1.807) is 29.2 Å². The van der Waals surface area contributed by atoms with E-state index in [0.717, 1.165) is 0 Å². The second-order valence-corrected chi connectivity index (χ2v) is 8.37. The average molecular weight is 400 g/mol. The maximum absolute atomic E-state index is 12.7. The van der Waals surface area contributed by atoms with Gasteiger partial charge >= 0.3 is 0 Å². The lowest BCUT2D eigenvalue weighted by Crippen LogP contribution is -2.31. The van der Waals surface area contributed by atoms with Crippen LogP contribution in [-0.2, 0) is 9.59 Å². The Morgan fingerprint density at radius 3 is 1.97 bits per heavy atom. The molecule has 0 aromatic heterocycles. The minimum atomic E-state index is -0.839. The third kappa shape index (κ3) is 4.40. The molecule has 2 saturated heterocycles. The molecule has 3 unspecified atom stereocenters. The van der Waals surface area contributed by atoms with Gasteiger partial charge in [0.05, 0.1) is 12.0 Å². The summed E-state index contributed by atoms with van der Waals surface area (Å²) in [6.07, 6.45) is -0.151. The highest BCUT2D eigenvalue weighted by Crippen LogP contribution is 2.23. The van der Waals surface area contributed by atoms with Gasteiger partial charge in [0, 0.05) is 49.1 Å². The van der Waals surface area contributed by atoms with E-state index < -0.39 is 12.0 Å². The van der Waals surface area contributed by atoms with Crippen LogP contribution in [0, 0.1) is 17.8 Å². The third-order valence-electron chi connectivity index (χ3n) is 5.92. The fourth-order valence-electron chi connectivity index (χ4n) is 4.12. The summed E-state index contributed by atoms with van der Waals surface area (Å²) in [5, 5.41) is 9.97. The number of benzene rings is 1. The van der Waals surface area contributed by atoms with E-state index in [2.05, 4.69) is 0 Å². The van der Waals surface area contributed by atoms with E-state index in [0.29, 0.717) is 30.6 Å². The van der Waals surface area contributed by atoms with Crippen LogP contribution in [0.1, 0.15) is 47.9 Å². The molecule has 0 radical (unpaired) electrons. The van der Waals surface area contributed by atoms with Gasteiger partial charge in [-0.2, -0.15) is 0 Å². The lowest BCUT2D eigenvalue weighted by atomic mass is 9.95. The normalized spacial score (nSPS) is 24.2. The summed E-state index contributed by atoms with van der Waals surface area (Å²) in [6.45, 7) is 6.49. The Balaban J connectivity index is 1.63. The number of aliphatic hydroxyl groups is 1. The maximum atomic E-state index is 12.7. The first-order chi connectivity index (χ1) is 13.7. The smallest absolute Gasteiger partial charge is 0.253 e.